The molecule has 1 heterocycles. The van der Waals surface area contributed by atoms with Gasteiger partial charge in [-0.1, -0.05) is 6.08 Å². The van der Waals surface area contributed by atoms with Crippen LogP contribution in [0.5, 0.6) is 0 Å². The number of hydrogen-bond donors (Lipinski definition) is 2. The van der Waals surface area contributed by atoms with Crippen LogP contribution in [0.25, 0.3) is 0 Å². The number of rotatable bonds is 4. The Balaban J connectivity index is 2.85. The number of carbonyl (C=O) groups is 1. The van der Waals surface area contributed by atoms with Crippen LogP contribution in [0.1, 0.15) is 10.4 Å². The lowest BCUT2D eigenvalue weighted by Gasteiger charge is -2.00. The van der Waals surface area contributed by atoms with E-state index in [0.717, 1.165) is 0 Å². The maximum atomic E-state index is 11.5. The molecule has 1 amide bonds. The standard InChI is InChI=1S/C9H12N4OS/c1-3-4-11-8(14)6-5-12-9(15-2)13-7(6)10/h3,5H,1,4H2,2H3,(H,11,14)(H2,10,12,13)/p+1. The smallest absolute Gasteiger partial charge is 0.359 e. The van der Waals surface area contributed by atoms with Crippen LogP contribution in [0.4, 0.5) is 5.82 Å². The molecule has 0 unspecified atom stereocenters. The van der Waals surface area contributed by atoms with E-state index < -0.39 is 0 Å². The fraction of sp³-hybridized carbons (Fsp3) is 0.222. The topological polar surface area (TPSA) is 82.2 Å². The van der Waals surface area contributed by atoms with Crippen molar-refractivity contribution in [3.8, 4) is 0 Å². The maximum Gasteiger partial charge on any atom is 0.359 e. The van der Waals surface area contributed by atoms with Crippen LogP contribution in [-0.4, -0.2) is 23.7 Å². The van der Waals surface area contributed by atoms with E-state index in [9.17, 15) is 4.79 Å². The van der Waals surface area contributed by atoms with Gasteiger partial charge in [-0.25, -0.2) is 4.98 Å². The van der Waals surface area contributed by atoms with Gasteiger partial charge in [0.2, 0.25) is 0 Å². The molecule has 0 aliphatic carbocycles. The second kappa shape index (κ2) is 5.35. The molecule has 0 fully saturated rings. The third-order valence-corrected chi connectivity index (χ3v) is 2.28. The summed E-state index contributed by atoms with van der Waals surface area (Å²) in [6.07, 6.45) is 5.02. The van der Waals surface area contributed by atoms with Crippen molar-refractivity contribution in [2.24, 2.45) is 0 Å². The number of nitrogens with zero attached hydrogens (tertiary/aromatic N) is 1. The molecule has 1 aromatic heterocycles. The van der Waals surface area contributed by atoms with Crippen LogP contribution in [0.3, 0.4) is 0 Å². The van der Waals surface area contributed by atoms with E-state index in [1.54, 1.807) is 12.3 Å². The zero-order valence-corrected chi connectivity index (χ0v) is 9.23. The fourth-order valence-electron chi connectivity index (χ4n) is 0.956. The van der Waals surface area contributed by atoms with Gasteiger partial charge in [0, 0.05) is 6.54 Å². The van der Waals surface area contributed by atoms with Crippen molar-refractivity contribution in [3.63, 3.8) is 0 Å². The fourth-order valence-corrected chi connectivity index (χ4v) is 1.32. The third-order valence-electron chi connectivity index (χ3n) is 1.68. The second-order valence-corrected chi connectivity index (χ2v) is 3.50. The third kappa shape index (κ3) is 2.95. The van der Waals surface area contributed by atoms with Crippen LogP contribution in [-0.2, 0) is 0 Å². The molecule has 0 bridgehead atoms. The SMILES string of the molecule is C=CCNC(=O)c1c[nH+]c(SC)nc1N. The van der Waals surface area contributed by atoms with Crippen molar-refractivity contribution in [2.75, 3.05) is 18.5 Å². The average Bonchev–Trinajstić information content (AvgIpc) is 2.25. The molecule has 0 aliphatic heterocycles. The lowest BCUT2D eigenvalue weighted by molar-refractivity contribution is -0.433. The number of aromatic amines is 1. The summed E-state index contributed by atoms with van der Waals surface area (Å²) in [6, 6.07) is 0. The predicted octanol–water partition coefficient (Wildman–Crippen LogP) is 0.116. The van der Waals surface area contributed by atoms with Gasteiger partial charge in [0.1, 0.15) is 11.8 Å². The number of hydrogen-bond acceptors (Lipinski definition) is 4. The lowest BCUT2D eigenvalue weighted by Crippen LogP contribution is -2.27. The first-order valence-corrected chi connectivity index (χ1v) is 5.52. The van der Waals surface area contributed by atoms with Crippen LogP contribution in [0, 0.1) is 0 Å². The quantitative estimate of drug-likeness (QED) is 0.433. The molecule has 80 valence electrons. The van der Waals surface area contributed by atoms with Crippen LogP contribution >= 0.6 is 11.8 Å². The van der Waals surface area contributed by atoms with E-state index in [2.05, 4.69) is 21.9 Å². The molecule has 6 heteroatoms. The highest BCUT2D eigenvalue weighted by molar-refractivity contribution is 7.98. The van der Waals surface area contributed by atoms with E-state index in [4.69, 9.17) is 5.73 Å². The molecule has 0 radical (unpaired) electrons. The zero-order valence-electron chi connectivity index (χ0n) is 8.41. The molecule has 0 saturated carbocycles. The molecule has 0 saturated heterocycles. The van der Waals surface area contributed by atoms with E-state index in [-0.39, 0.29) is 11.7 Å². The van der Waals surface area contributed by atoms with Crippen molar-refractivity contribution in [3.05, 3.63) is 24.4 Å². The van der Waals surface area contributed by atoms with Crippen molar-refractivity contribution in [2.45, 2.75) is 5.16 Å². The largest absolute Gasteiger partial charge is 0.362 e. The Morgan fingerprint density at radius 2 is 2.60 bits per heavy atom. The molecule has 1 aromatic rings. The lowest BCUT2D eigenvalue weighted by atomic mass is 10.3. The number of thioether (sulfide) groups is 1. The summed E-state index contributed by atoms with van der Waals surface area (Å²) in [4.78, 5) is 18.4. The van der Waals surface area contributed by atoms with Crippen LogP contribution in [0.15, 0.2) is 24.0 Å². The van der Waals surface area contributed by atoms with E-state index >= 15 is 0 Å². The summed E-state index contributed by atoms with van der Waals surface area (Å²) in [5, 5.41) is 3.30. The first kappa shape index (κ1) is 11.5. The highest BCUT2D eigenvalue weighted by Gasteiger charge is 2.17. The summed E-state index contributed by atoms with van der Waals surface area (Å²) in [5.41, 5.74) is 5.98. The summed E-state index contributed by atoms with van der Waals surface area (Å²) in [7, 11) is 0. The van der Waals surface area contributed by atoms with Gasteiger partial charge in [-0.05, 0) is 23.0 Å². The molecular weight excluding hydrogens is 212 g/mol. The van der Waals surface area contributed by atoms with Gasteiger partial charge in [0.15, 0.2) is 0 Å². The number of nitrogen functional groups attached to an aromatic ring is 1. The molecule has 4 N–H and O–H groups in total. The first-order chi connectivity index (χ1) is 7.19. The summed E-state index contributed by atoms with van der Waals surface area (Å²) >= 11 is 1.43. The molecule has 5 nitrogen and oxygen atoms in total. The second-order valence-electron chi connectivity index (χ2n) is 2.71. The Hall–Kier alpha value is -1.56. The highest BCUT2D eigenvalue weighted by atomic mass is 32.2. The molecule has 0 aromatic carbocycles. The molecule has 0 aliphatic rings. The van der Waals surface area contributed by atoms with Gasteiger partial charge >= 0.3 is 5.16 Å². The minimum atomic E-state index is -0.260. The van der Waals surface area contributed by atoms with E-state index in [1.165, 1.54) is 11.8 Å². The number of carbonyl (C=O) groups excluding carboxylic acids is 1. The predicted molar refractivity (Wildman–Crippen MR) is 59.5 cm³/mol. The number of nitrogens with two attached hydrogens (primary N) is 1. The maximum absolute atomic E-state index is 11.5. The van der Waals surface area contributed by atoms with Crippen LogP contribution in [0.2, 0.25) is 0 Å². The Kier molecular flexibility index (Phi) is 4.11. The number of H-pyrrole nitrogens is 1. The normalized spacial score (nSPS) is 9.67. The molecular formula is C9H13N4OS+. The van der Waals surface area contributed by atoms with Crippen molar-refractivity contribution < 1.29 is 9.78 Å². The first-order valence-electron chi connectivity index (χ1n) is 4.30. The van der Waals surface area contributed by atoms with Crippen molar-refractivity contribution >= 4 is 23.5 Å². The number of amides is 1. The number of aromatic nitrogens is 2. The van der Waals surface area contributed by atoms with E-state index in [0.29, 0.717) is 17.3 Å². The van der Waals surface area contributed by atoms with Gasteiger partial charge < -0.3 is 11.1 Å². The van der Waals surface area contributed by atoms with Crippen molar-refractivity contribution in [1.29, 1.82) is 0 Å². The van der Waals surface area contributed by atoms with Gasteiger partial charge in [0.25, 0.3) is 11.7 Å². The molecule has 1 rings (SSSR count). The highest BCUT2D eigenvalue weighted by Crippen LogP contribution is 2.10. The zero-order chi connectivity index (χ0) is 11.3. The Morgan fingerprint density at radius 3 is 3.13 bits per heavy atom. The van der Waals surface area contributed by atoms with Gasteiger partial charge in [-0.2, -0.15) is 0 Å². The summed E-state index contributed by atoms with van der Waals surface area (Å²) in [5.74, 6) is -0.0385. The minimum Gasteiger partial charge on any atom is -0.362 e. The molecule has 0 atom stereocenters. The number of anilines is 1. The average molecular weight is 225 g/mol. The Bertz CT molecular complexity index is 380. The van der Waals surface area contributed by atoms with E-state index in [1.807, 2.05) is 6.26 Å². The minimum absolute atomic E-state index is 0.222. The Labute approximate surface area is 92.2 Å². The number of nitrogens with one attached hydrogen (secondary N) is 2. The van der Waals surface area contributed by atoms with Gasteiger partial charge in [-0.3, -0.25) is 4.79 Å². The Morgan fingerprint density at radius 1 is 1.87 bits per heavy atom. The monoisotopic (exact) mass is 225 g/mol. The van der Waals surface area contributed by atoms with Gasteiger partial charge in [0.05, 0.1) is 0 Å². The van der Waals surface area contributed by atoms with Gasteiger partial charge in [-0.15, -0.1) is 6.58 Å². The van der Waals surface area contributed by atoms with Crippen LogP contribution < -0.4 is 16.0 Å². The van der Waals surface area contributed by atoms with Crippen molar-refractivity contribution in [1.82, 2.24) is 10.3 Å². The molecule has 15 heavy (non-hydrogen) atoms. The summed E-state index contributed by atoms with van der Waals surface area (Å²) in [6.45, 7) is 3.91. The summed E-state index contributed by atoms with van der Waals surface area (Å²) < 4.78 is 0. The molecule has 0 spiro atoms.